The maximum absolute atomic E-state index is 11.9. The highest BCUT2D eigenvalue weighted by Crippen LogP contribution is 2.21. The molecule has 0 aromatic carbocycles. The molecular weight excluding hydrogens is 312 g/mol. The quantitative estimate of drug-likeness (QED) is 0.872. The van der Waals surface area contributed by atoms with Gasteiger partial charge in [0.25, 0.3) is 0 Å². The van der Waals surface area contributed by atoms with Crippen LogP contribution in [0.4, 0.5) is 5.69 Å². The van der Waals surface area contributed by atoms with Gasteiger partial charge in [-0.1, -0.05) is 0 Å². The van der Waals surface area contributed by atoms with Gasteiger partial charge in [0.1, 0.15) is 12.3 Å². The van der Waals surface area contributed by atoms with Crippen LogP contribution in [-0.4, -0.2) is 20.3 Å². The fourth-order valence-electron chi connectivity index (χ4n) is 1.84. The minimum atomic E-state index is -0.412. The molecule has 6 nitrogen and oxygen atoms in total. The Kier molecular flexibility index (Phi) is 3.66. The highest BCUT2D eigenvalue weighted by Gasteiger charge is 2.16. The fraction of sp³-hybridized carbons (Fsp3) is 0.333. The van der Waals surface area contributed by atoms with Crippen LogP contribution in [0.15, 0.2) is 16.7 Å². The largest absolute Gasteiger partial charge is 0.454 e. The van der Waals surface area contributed by atoms with E-state index in [1.807, 2.05) is 6.92 Å². The van der Waals surface area contributed by atoms with Gasteiger partial charge in [0, 0.05) is 20.3 Å². The topological polar surface area (TPSA) is 75.1 Å². The molecule has 2 heterocycles. The summed E-state index contributed by atoms with van der Waals surface area (Å²) in [4.78, 5) is 11.9. The van der Waals surface area contributed by atoms with Crippen molar-refractivity contribution in [3.8, 4) is 0 Å². The number of carbonyl (C=O) groups is 1. The summed E-state index contributed by atoms with van der Waals surface area (Å²) < 4.78 is 9.46. The second-order valence-corrected chi connectivity index (χ2v) is 5.11. The number of esters is 1. The normalized spacial score (nSPS) is 10.7. The number of rotatable bonds is 3. The zero-order valence-corrected chi connectivity index (χ0v) is 12.6. The lowest BCUT2D eigenvalue weighted by Gasteiger charge is -2.06. The van der Waals surface area contributed by atoms with Crippen molar-refractivity contribution in [2.45, 2.75) is 13.5 Å². The Morgan fingerprint density at radius 3 is 2.68 bits per heavy atom. The monoisotopic (exact) mass is 326 g/mol. The average molecular weight is 327 g/mol. The number of aromatic nitrogens is 3. The van der Waals surface area contributed by atoms with Crippen LogP contribution in [0.25, 0.3) is 0 Å². The summed E-state index contributed by atoms with van der Waals surface area (Å²) >= 11 is 3.43. The molecule has 7 heteroatoms. The van der Waals surface area contributed by atoms with Crippen molar-refractivity contribution >= 4 is 27.6 Å². The van der Waals surface area contributed by atoms with E-state index in [1.54, 1.807) is 35.6 Å². The third-order valence-corrected chi connectivity index (χ3v) is 3.87. The molecule has 0 unspecified atom stereocenters. The van der Waals surface area contributed by atoms with Gasteiger partial charge in [-0.05, 0) is 28.9 Å². The average Bonchev–Trinajstić information content (AvgIpc) is 2.78. The summed E-state index contributed by atoms with van der Waals surface area (Å²) in [6.45, 7) is 2.04. The molecule has 0 bridgehead atoms. The minimum absolute atomic E-state index is 0.155. The number of nitrogen functional groups attached to an aromatic ring is 1. The van der Waals surface area contributed by atoms with Gasteiger partial charge in [-0.25, -0.2) is 4.79 Å². The molecule has 0 aliphatic carbocycles. The lowest BCUT2D eigenvalue weighted by atomic mass is 10.4. The van der Waals surface area contributed by atoms with E-state index in [0.717, 1.165) is 15.9 Å². The van der Waals surface area contributed by atoms with Crippen LogP contribution in [0, 0.1) is 6.92 Å². The van der Waals surface area contributed by atoms with Crippen LogP contribution in [0.2, 0.25) is 0 Å². The Labute approximate surface area is 119 Å². The summed E-state index contributed by atoms with van der Waals surface area (Å²) in [5, 5.41) is 4.24. The van der Waals surface area contributed by atoms with Gasteiger partial charge < -0.3 is 15.0 Å². The number of hydrogen-bond donors (Lipinski definition) is 1. The third-order valence-electron chi connectivity index (χ3n) is 2.84. The van der Waals surface area contributed by atoms with E-state index in [9.17, 15) is 4.79 Å². The maximum Gasteiger partial charge on any atom is 0.355 e. The van der Waals surface area contributed by atoms with E-state index < -0.39 is 5.97 Å². The predicted molar refractivity (Wildman–Crippen MR) is 74.6 cm³/mol. The summed E-state index contributed by atoms with van der Waals surface area (Å²) in [5.74, 6) is -0.412. The Hall–Kier alpha value is -1.76. The molecular formula is C12H15BrN4O2. The van der Waals surface area contributed by atoms with Crippen LogP contribution in [0.5, 0.6) is 0 Å². The molecule has 0 aliphatic heterocycles. The van der Waals surface area contributed by atoms with Crippen molar-refractivity contribution in [2.24, 2.45) is 14.1 Å². The Morgan fingerprint density at radius 1 is 1.53 bits per heavy atom. The van der Waals surface area contributed by atoms with Crippen molar-refractivity contribution in [3.63, 3.8) is 0 Å². The molecule has 0 fully saturated rings. The lowest BCUT2D eigenvalue weighted by molar-refractivity contribution is 0.0451. The summed E-state index contributed by atoms with van der Waals surface area (Å²) in [5.41, 5.74) is 8.25. The van der Waals surface area contributed by atoms with E-state index in [1.165, 1.54) is 0 Å². The Bertz CT molecular complexity index is 630. The van der Waals surface area contributed by atoms with Gasteiger partial charge >= 0.3 is 5.97 Å². The van der Waals surface area contributed by atoms with Gasteiger partial charge in [-0.2, -0.15) is 5.10 Å². The van der Waals surface area contributed by atoms with Crippen molar-refractivity contribution in [3.05, 3.63) is 33.8 Å². The first-order chi connectivity index (χ1) is 8.90. The van der Waals surface area contributed by atoms with Crippen molar-refractivity contribution in [2.75, 3.05) is 5.73 Å². The molecule has 0 aliphatic rings. The van der Waals surface area contributed by atoms with Crippen molar-refractivity contribution < 1.29 is 9.53 Å². The van der Waals surface area contributed by atoms with Crippen LogP contribution in [0.3, 0.4) is 0 Å². The molecule has 2 N–H and O–H groups in total. The Balaban J connectivity index is 2.11. The fourth-order valence-corrected chi connectivity index (χ4v) is 2.29. The first kappa shape index (κ1) is 13.7. The Morgan fingerprint density at radius 2 is 2.21 bits per heavy atom. The molecule has 0 radical (unpaired) electrons. The number of hydrogen-bond acceptors (Lipinski definition) is 4. The first-order valence-electron chi connectivity index (χ1n) is 5.67. The molecule has 2 rings (SSSR count). The van der Waals surface area contributed by atoms with E-state index >= 15 is 0 Å². The van der Waals surface area contributed by atoms with E-state index in [0.29, 0.717) is 11.4 Å². The van der Waals surface area contributed by atoms with Gasteiger partial charge in [0.05, 0.1) is 21.5 Å². The zero-order chi connectivity index (χ0) is 14.2. The SMILES string of the molecule is Cc1nn(C)c(COC(=O)c2cc(N)cn2C)c1Br. The smallest absolute Gasteiger partial charge is 0.355 e. The van der Waals surface area contributed by atoms with Crippen molar-refractivity contribution in [1.29, 1.82) is 0 Å². The summed E-state index contributed by atoms with van der Waals surface area (Å²) in [7, 11) is 3.55. The molecule has 102 valence electrons. The molecule has 2 aromatic rings. The van der Waals surface area contributed by atoms with Gasteiger partial charge in [-0.15, -0.1) is 0 Å². The third kappa shape index (κ3) is 2.65. The highest BCUT2D eigenvalue weighted by atomic mass is 79.9. The predicted octanol–water partition coefficient (Wildman–Crippen LogP) is 1.77. The van der Waals surface area contributed by atoms with Crippen molar-refractivity contribution in [1.82, 2.24) is 14.3 Å². The number of ether oxygens (including phenoxy) is 1. The second-order valence-electron chi connectivity index (χ2n) is 4.32. The zero-order valence-electron chi connectivity index (χ0n) is 11.0. The van der Waals surface area contributed by atoms with Crippen LogP contribution in [-0.2, 0) is 25.4 Å². The summed E-state index contributed by atoms with van der Waals surface area (Å²) in [6.07, 6.45) is 1.67. The van der Waals surface area contributed by atoms with Gasteiger partial charge in [0.2, 0.25) is 0 Å². The molecule has 0 saturated heterocycles. The van der Waals surface area contributed by atoms with Gasteiger partial charge in [0.15, 0.2) is 0 Å². The molecule has 0 amide bonds. The second kappa shape index (κ2) is 5.08. The minimum Gasteiger partial charge on any atom is -0.454 e. The lowest BCUT2D eigenvalue weighted by Crippen LogP contribution is -2.11. The molecule has 2 aromatic heterocycles. The maximum atomic E-state index is 11.9. The number of aryl methyl sites for hydroxylation is 3. The molecule has 0 atom stereocenters. The van der Waals surface area contributed by atoms with Crippen LogP contribution in [0.1, 0.15) is 21.9 Å². The van der Waals surface area contributed by atoms with Crippen LogP contribution >= 0.6 is 15.9 Å². The number of nitrogens with two attached hydrogens (primary N) is 1. The molecule has 0 saturated carbocycles. The molecule has 0 spiro atoms. The summed E-state index contributed by atoms with van der Waals surface area (Å²) in [6, 6.07) is 1.59. The van der Waals surface area contributed by atoms with Gasteiger partial charge in [-0.3, -0.25) is 4.68 Å². The van der Waals surface area contributed by atoms with E-state index in [4.69, 9.17) is 10.5 Å². The number of nitrogens with zero attached hydrogens (tertiary/aromatic N) is 3. The van der Waals surface area contributed by atoms with E-state index in [2.05, 4.69) is 21.0 Å². The standard InChI is InChI=1S/C12H15BrN4O2/c1-7-11(13)10(17(3)15-7)6-19-12(18)9-4-8(14)5-16(9)2/h4-5H,6,14H2,1-3H3. The number of anilines is 1. The van der Waals surface area contributed by atoms with Crippen LogP contribution < -0.4 is 5.73 Å². The molecule has 19 heavy (non-hydrogen) atoms. The first-order valence-corrected chi connectivity index (χ1v) is 6.46. The van der Waals surface area contributed by atoms with E-state index in [-0.39, 0.29) is 6.61 Å². The number of halogens is 1. The number of carbonyl (C=O) groups excluding carboxylic acids is 1. The highest BCUT2D eigenvalue weighted by molar-refractivity contribution is 9.10.